The predicted octanol–water partition coefficient (Wildman–Crippen LogP) is 2.81. The number of benzene rings is 2. The van der Waals surface area contributed by atoms with Crippen molar-refractivity contribution in [2.45, 2.75) is 18.7 Å². The third-order valence-electron chi connectivity index (χ3n) is 3.63. The molecular weight excluding hydrogens is 316 g/mol. The number of amides is 2. The molecule has 0 aliphatic carbocycles. The summed E-state index contributed by atoms with van der Waals surface area (Å²) >= 11 is 5.85. The third kappa shape index (κ3) is 3.63. The number of hydrogen-bond acceptors (Lipinski definition) is 3. The Labute approximate surface area is 138 Å². The minimum absolute atomic E-state index is 0.159. The zero-order valence-corrected chi connectivity index (χ0v) is 12.9. The Morgan fingerprint density at radius 2 is 1.83 bits per heavy atom. The molecule has 0 radical (unpaired) electrons. The number of β-lactam (4-membered cyclic amide) rings is 1. The van der Waals surface area contributed by atoms with Crippen LogP contribution in [0, 0.1) is 0 Å². The van der Waals surface area contributed by atoms with E-state index >= 15 is 0 Å². The molecule has 2 N–H and O–H groups in total. The van der Waals surface area contributed by atoms with E-state index in [0.29, 0.717) is 5.02 Å². The van der Waals surface area contributed by atoms with Gasteiger partial charge in [0.1, 0.15) is 12.6 Å². The van der Waals surface area contributed by atoms with E-state index in [1.165, 1.54) is 0 Å². The molecule has 5 nitrogen and oxygen atoms in total. The summed E-state index contributed by atoms with van der Waals surface area (Å²) in [5.74, 6) is -0.235. The lowest BCUT2D eigenvalue weighted by Gasteiger charge is -2.37. The first-order valence-electron chi connectivity index (χ1n) is 7.16. The van der Waals surface area contributed by atoms with Gasteiger partial charge in [-0.3, -0.25) is 4.79 Å². The normalized spacial score (nSPS) is 19.4. The Balaban J connectivity index is 1.56. The van der Waals surface area contributed by atoms with Crippen molar-refractivity contribution in [3.05, 3.63) is 70.7 Å². The summed E-state index contributed by atoms with van der Waals surface area (Å²) in [6.07, 6.45) is -0.618. The molecule has 3 rings (SSSR count). The van der Waals surface area contributed by atoms with Gasteiger partial charge in [0, 0.05) is 5.02 Å². The van der Waals surface area contributed by atoms with Crippen LogP contribution in [-0.2, 0) is 16.1 Å². The summed E-state index contributed by atoms with van der Waals surface area (Å²) in [5, 5.41) is 5.97. The van der Waals surface area contributed by atoms with Gasteiger partial charge >= 0.3 is 6.09 Å². The van der Waals surface area contributed by atoms with E-state index in [1.54, 1.807) is 12.1 Å². The number of rotatable bonds is 4. The van der Waals surface area contributed by atoms with E-state index in [-0.39, 0.29) is 18.6 Å². The maximum Gasteiger partial charge on any atom is 0.408 e. The van der Waals surface area contributed by atoms with E-state index in [1.807, 2.05) is 42.5 Å². The zero-order valence-electron chi connectivity index (χ0n) is 12.2. The Morgan fingerprint density at radius 1 is 1.13 bits per heavy atom. The summed E-state index contributed by atoms with van der Waals surface area (Å²) in [6, 6.07) is 15.5. The first-order chi connectivity index (χ1) is 11.1. The molecule has 6 heteroatoms. The average molecular weight is 331 g/mol. The van der Waals surface area contributed by atoms with Gasteiger partial charge in [-0.15, -0.1) is 0 Å². The molecule has 1 heterocycles. The van der Waals surface area contributed by atoms with Crippen molar-refractivity contribution in [3.63, 3.8) is 0 Å². The van der Waals surface area contributed by atoms with E-state index in [4.69, 9.17) is 16.3 Å². The highest BCUT2D eigenvalue weighted by Crippen LogP contribution is 2.25. The van der Waals surface area contributed by atoms with Gasteiger partial charge in [-0.25, -0.2) is 4.79 Å². The second-order valence-electron chi connectivity index (χ2n) is 5.22. The summed E-state index contributed by atoms with van der Waals surface area (Å²) in [7, 11) is 0. The van der Waals surface area contributed by atoms with Gasteiger partial charge in [0.15, 0.2) is 0 Å². The Morgan fingerprint density at radius 3 is 2.48 bits per heavy atom. The van der Waals surface area contributed by atoms with Crippen molar-refractivity contribution in [1.82, 2.24) is 10.6 Å². The van der Waals surface area contributed by atoms with Crippen LogP contribution in [0.2, 0.25) is 5.02 Å². The number of alkyl carbamates (subject to hydrolysis) is 1. The van der Waals surface area contributed by atoms with E-state index in [2.05, 4.69) is 10.6 Å². The molecule has 2 amide bonds. The monoisotopic (exact) mass is 330 g/mol. The van der Waals surface area contributed by atoms with Crippen molar-refractivity contribution in [2.75, 3.05) is 0 Å². The van der Waals surface area contributed by atoms with Crippen LogP contribution in [0.25, 0.3) is 0 Å². The van der Waals surface area contributed by atoms with Gasteiger partial charge in [-0.2, -0.15) is 0 Å². The van der Waals surface area contributed by atoms with E-state index in [0.717, 1.165) is 11.1 Å². The van der Waals surface area contributed by atoms with Gasteiger partial charge in [0.05, 0.1) is 6.04 Å². The molecule has 0 aromatic heterocycles. The van der Waals surface area contributed by atoms with Crippen LogP contribution in [0.1, 0.15) is 17.2 Å². The SMILES string of the molecule is O=C(N[C@H]1C(=O)N[C@H]1c1ccc(Cl)cc1)OCc1ccccc1. The first-order valence-corrected chi connectivity index (χ1v) is 7.54. The van der Waals surface area contributed by atoms with Crippen molar-refractivity contribution < 1.29 is 14.3 Å². The summed E-state index contributed by atoms with van der Waals surface area (Å²) in [4.78, 5) is 23.5. The Bertz CT molecular complexity index is 704. The molecule has 0 bridgehead atoms. The second kappa shape index (κ2) is 6.71. The van der Waals surface area contributed by atoms with Crippen LogP contribution in [-0.4, -0.2) is 18.0 Å². The average Bonchev–Trinajstić information content (AvgIpc) is 2.58. The Hall–Kier alpha value is -2.53. The lowest BCUT2D eigenvalue weighted by molar-refractivity contribution is -0.131. The smallest absolute Gasteiger partial charge is 0.408 e. The number of carbonyl (C=O) groups is 2. The third-order valence-corrected chi connectivity index (χ3v) is 3.88. The molecule has 23 heavy (non-hydrogen) atoms. The highest BCUT2D eigenvalue weighted by Gasteiger charge is 2.41. The predicted molar refractivity (Wildman–Crippen MR) is 85.9 cm³/mol. The van der Waals surface area contributed by atoms with Gasteiger partial charge < -0.3 is 15.4 Å². The minimum atomic E-state index is -0.639. The minimum Gasteiger partial charge on any atom is -0.445 e. The van der Waals surface area contributed by atoms with Crippen molar-refractivity contribution in [1.29, 1.82) is 0 Å². The molecule has 1 aliphatic heterocycles. The lowest BCUT2D eigenvalue weighted by Crippen LogP contribution is -2.63. The fraction of sp³-hybridized carbons (Fsp3) is 0.176. The molecule has 0 unspecified atom stereocenters. The number of hydrogen-bond donors (Lipinski definition) is 2. The molecular formula is C17H15ClN2O3. The molecule has 0 saturated carbocycles. The van der Waals surface area contributed by atoms with E-state index in [9.17, 15) is 9.59 Å². The van der Waals surface area contributed by atoms with Crippen molar-refractivity contribution in [2.24, 2.45) is 0 Å². The number of ether oxygens (including phenoxy) is 1. The van der Waals surface area contributed by atoms with Crippen LogP contribution < -0.4 is 10.6 Å². The fourth-order valence-corrected chi connectivity index (χ4v) is 2.49. The van der Waals surface area contributed by atoms with Crippen LogP contribution in [0.5, 0.6) is 0 Å². The molecule has 118 valence electrons. The molecule has 2 aromatic rings. The Kier molecular flexibility index (Phi) is 4.48. The number of carbonyl (C=O) groups excluding carboxylic acids is 2. The molecule has 2 atom stereocenters. The number of halogens is 1. The van der Waals surface area contributed by atoms with Crippen molar-refractivity contribution >= 4 is 23.6 Å². The largest absolute Gasteiger partial charge is 0.445 e. The first kappa shape index (κ1) is 15.4. The summed E-state index contributed by atoms with van der Waals surface area (Å²) in [6.45, 7) is 0.159. The maximum atomic E-state index is 11.9. The molecule has 1 fully saturated rings. The quantitative estimate of drug-likeness (QED) is 0.847. The van der Waals surface area contributed by atoms with Gasteiger partial charge in [0.25, 0.3) is 0 Å². The standard InChI is InChI=1S/C17H15ClN2O3/c18-13-8-6-12(7-9-13)14-15(16(21)19-14)20-17(22)23-10-11-4-2-1-3-5-11/h1-9,14-15H,10H2,(H,19,21)(H,20,22)/t14-,15+/m0/s1. The van der Waals surface area contributed by atoms with Crippen LogP contribution >= 0.6 is 11.6 Å². The van der Waals surface area contributed by atoms with Gasteiger partial charge in [-0.1, -0.05) is 54.1 Å². The number of nitrogens with one attached hydrogen (secondary N) is 2. The summed E-state index contributed by atoms with van der Waals surface area (Å²) < 4.78 is 5.13. The molecule has 1 saturated heterocycles. The van der Waals surface area contributed by atoms with Crippen molar-refractivity contribution in [3.8, 4) is 0 Å². The molecule has 1 aliphatic rings. The van der Waals surface area contributed by atoms with Gasteiger partial charge in [-0.05, 0) is 23.3 Å². The fourth-order valence-electron chi connectivity index (χ4n) is 2.37. The highest BCUT2D eigenvalue weighted by atomic mass is 35.5. The second-order valence-corrected chi connectivity index (χ2v) is 5.66. The summed E-state index contributed by atoms with van der Waals surface area (Å²) in [5.41, 5.74) is 1.76. The zero-order chi connectivity index (χ0) is 16.2. The van der Waals surface area contributed by atoms with Crippen LogP contribution in [0.3, 0.4) is 0 Å². The molecule has 0 spiro atoms. The topological polar surface area (TPSA) is 67.4 Å². The van der Waals surface area contributed by atoms with E-state index < -0.39 is 12.1 Å². The highest BCUT2D eigenvalue weighted by molar-refractivity contribution is 6.30. The van der Waals surface area contributed by atoms with Gasteiger partial charge in [0.2, 0.25) is 5.91 Å². The van der Waals surface area contributed by atoms with Crippen LogP contribution in [0.15, 0.2) is 54.6 Å². The molecule has 2 aromatic carbocycles. The maximum absolute atomic E-state index is 11.9. The lowest BCUT2D eigenvalue weighted by atomic mass is 9.92. The van der Waals surface area contributed by atoms with Crippen LogP contribution in [0.4, 0.5) is 4.79 Å².